The van der Waals surface area contributed by atoms with E-state index in [2.05, 4.69) is 21.3 Å². The molecule has 1 aromatic heterocycles. The molecular weight excluding hydrogens is 476 g/mol. The topological polar surface area (TPSA) is 150 Å². The van der Waals surface area contributed by atoms with Crippen molar-refractivity contribution in [3.8, 4) is 0 Å². The number of carboxylic acid groups (broad SMARTS) is 1. The van der Waals surface area contributed by atoms with Crippen molar-refractivity contribution in [2.24, 2.45) is 5.84 Å². The number of hydrogen-bond acceptors (Lipinski definition) is 6. The van der Waals surface area contributed by atoms with Gasteiger partial charge in [0.15, 0.2) is 0 Å². The van der Waals surface area contributed by atoms with Gasteiger partial charge in [0.25, 0.3) is 0 Å². The van der Waals surface area contributed by atoms with Crippen molar-refractivity contribution in [3.63, 3.8) is 0 Å². The van der Waals surface area contributed by atoms with E-state index in [1.807, 2.05) is 31.2 Å². The van der Waals surface area contributed by atoms with Crippen molar-refractivity contribution in [3.05, 3.63) is 36.0 Å². The molecule has 0 spiro atoms. The number of nitrogens with zero attached hydrogens (tertiary/aromatic N) is 3. The first-order chi connectivity index (χ1) is 17.5. The Bertz CT molecular complexity index is 1080. The van der Waals surface area contributed by atoms with Gasteiger partial charge in [-0.1, -0.05) is 31.5 Å². The second-order valence-corrected chi connectivity index (χ2v) is 9.33. The van der Waals surface area contributed by atoms with E-state index in [0.717, 1.165) is 16.6 Å². The molecule has 2 rings (SSSR count). The summed E-state index contributed by atoms with van der Waals surface area (Å²) in [6.45, 7) is 4.61. The molecule has 0 aliphatic heterocycles. The van der Waals surface area contributed by atoms with Gasteiger partial charge in [0.1, 0.15) is 12.1 Å². The van der Waals surface area contributed by atoms with Crippen LogP contribution in [0.3, 0.4) is 0 Å². The Labute approximate surface area is 217 Å². The number of carboxylic acids is 1. The number of benzene rings is 1. The van der Waals surface area contributed by atoms with Crippen molar-refractivity contribution in [1.29, 1.82) is 0 Å². The van der Waals surface area contributed by atoms with Crippen LogP contribution in [0.15, 0.2) is 30.3 Å². The minimum atomic E-state index is -1.07. The third-order valence-corrected chi connectivity index (χ3v) is 6.30. The van der Waals surface area contributed by atoms with E-state index in [1.165, 1.54) is 18.9 Å². The molecule has 0 fully saturated rings. The fraction of sp³-hybridized carbons (Fsp3) is 0.538. The molecule has 0 aliphatic rings. The van der Waals surface area contributed by atoms with Crippen LogP contribution in [0.25, 0.3) is 10.9 Å². The van der Waals surface area contributed by atoms with Crippen LogP contribution >= 0.6 is 0 Å². The van der Waals surface area contributed by atoms with E-state index >= 15 is 0 Å². The monoisotopic (exact) mass is 516 g/mol. The summed E-state index contributed by atoms with van der Waals surface area (Å²) in [5.74, 6) is 3.96. The van der Waals surface area contributed by atoms with E-state index < -0.39 is 18.1 Å². The molecule has 1 aromatic carbocycles. The number of para-hydroxylation sites is 1. The Morgan fingerprint density at radius 3 is 2.49 bits per heavy atom. The molecule has 0 saturated heterocycles. The summed E-state index contributed by atoms with van der Waals surface area (Å²) in [6, 6.07) is 8.43. The fourth-order valence-corrected chi connectivity index (χ4v) is 4.09. The van der Waals surface area contributed by atoms with Crippen molar-refractivity contribution in [2.45, 2.75) is 71.1 Å². The number of aliphatic carboxylic acids is 1. The van der Waals surface area contributed by atoms with Gasteiger partial charge in [-0.15, -0.1) is 0 Å². The van der Waals surface area contributed by atoms with Crippen LogP contribution in [0.5, 0.6) is 0 Å². The number of amides is 3. The third kappa shape index (κ3) is 8.87. The van der Waals surface area contributed by atoms with Crippen molar-refractivity contribution >= 4 is 34.6 Å². The number of rotatable bonds is 15. The summed E-state index contributed by atoms with van der Waals surface area (Å²) in [4.78, 5) is 49.8. The highest BCUT2D eigenvalue weighted by molar-refractivity contribution is 5.88. The Balaban J connectivity index is 1.89. The predicted molar refractivity (Wildman–Crippen MR) is 141 cm³/mol. The number of aryl methyl sites for hydroxylation is 1. The minimum absolute atomic E-state index is 0.115. The lowest BCUT2D eigenvalue weighted by molar-refractivity contribution is -0.148. The van der Waals surface area contributed by atoms with Crippen LogP contribution in [0, 0.1) is 0 Å². The van der Waals surface area contributed by atoms with Gasteiger partial charge in [-0.3, -0.25) is 20.2 Å². The first kappa shape index (κ1) is 29.8. The van der Waals surface area contributed by atoms with E-state index in [9.17, 15) is 19.2 Å². The summed E-state index contributed by atoms with van der Waals surface area (Å²) >= 11 is 0. The maximum absolute atomic E-state index is 12.8. The number of nitrogens with two attached hydrogens (primary N) is 1. The predicted octanol–water partition coefficient (Wildman–Crippen LogP) is 1.45. The molecule has 11 nitrogen and oxygen atoms in total. The first-order valence-corrected chi connectivity index (χ1v) is 12.6. The van der Waals surface area contributed by atoms with Crippen LogP contribution in [0.4, 0.5) is 0 Å². The molecule has 0 unspecified atom stereocenters. The molecule has 3 amide bonds. The average Bonchev–Trinajstić information content (AvgIpc) is 3.19. The van der Waals surface area contributed by atoms with Gasteiger partial charge in [0, 0.05) is 51.2 Å². The van der Waals surface area contributed by atoms with E-state index in [0.29, 0.717) is 32.4 Å². The average molecular weight is 517 g/mol. The molecule has 0 saturated carbocycles. The lowest BCUT2D eigenvalue weighted by atomic mass is 10.1. The number of nitrogens with one attached hydrogen (secondary N) is 2. The zero-order valence-electron chi connectivity index (χ0n) is 22.2. The van der Waals surface area contributed by atoms with E-state index in [1.54, 1.807) is 12.1 Å². The minimum Gasteiger partial charge on any atom is -0.480 e. The van der Waals surface area contributed by atoms with Gasteiger partial charge in [-0.05, 0) is 37.3 Å². The number of aromatic nitrogens is 1. The fourth-order valence-electron chi connectivity index (χ4n) is 4.09. The third-order valence-electron chi connectivity index (χ3n) is 6.30. The Morgan fingerprint density at radius 2 is 1.84 bits per heavy atom. The normalized spacial score (nSPS) is 12.8. The zero-order valence-corrected chi connectivity index (χ0v) is 22.2. The summed E-state index contributed by atoms with van der Waals surface area (Å²) in [5.41, 5.74) is 2.02. The number of hydrogen-bond donors (Lipinski definition) is 4. The smallest absolute Gasteiger partial charge is 0.326 e. The second kappa shape index (κ2) is 14.3. The maximum Gasteiger partial charge on any atom is 0.326 e. The van der Waals surface area contributed by atoms with Crippen molar-refractivity contribution in [2.75, 3.05) is 20.6 Å². The Morgan fingerprint density at radius 1 is 1.14 bits per heavy atom. The van der Waals surface area contributed by atoms with Gasteiger partial charge in [-0.2, -0.15) is 0 Å². The molecule has 2 aromatic rings. The highest BCUT2D eigenvalue weighted by Gasteiger charge is 2.22. The Kier molecular flexibility index (Phi) is 11.5. The van der Waals surface area contributed by atoms with Crippen molar-refractivity contribution in [1.82, 2.24) is 25.1 Å². The molecule has 0 bridgehead atoms. The molecule has 37 heavy (non-hydrogen) atoms. The lowest BCUT2D eigenvalue weighted by Crippen LogP contribution is -2.47. The summed E-state index contributed by atoms with van der Waals surface area (Å²) < 4.78 is 2.08. The Hall–Kier alpha value is -3.44. The molecule has 204 valence electrons. The van der Waals surface area contributed by atoms with Crippen LogP contribution in [0.1, 0.15) is 51.6 Å². The summed E-state index contributed by atoms with van der Waals surface area (Å²) in [5, 5.41) is 17.3. The zero-order chi connectivity index (χ0) is 27.5. The first-order valence-electron chi connectivity index (χ1n) is 12.6. The number of carbonyl (C=O) groups is 4. The van der Waals surface area contributed by atoms with Gasteiger partial charge < -0.3 is 25.2 Å². The van der Waals surface area contributed by atoms with E-state index in [-0.39, 0.29) is 37.1 Å². The molecule has 0 aliphatic carbocycles. The van der Waals surface area contributed by atoms with Gasteiger partial charge in [-0.25, -0.2) is 9.80 Å². The van der Waals surface area contributed by atoms with Crippen LogP contribution < -0.4 is 16.5 Å². The molecule has 2 atom stereocenters. The number of carbonyl (C=O) groups excluding carboxylic acids is 3. The molecule has 1 heterocycles. The quantitative estimate of drug-likeness (QED) is 0.159. The highest BCUT2D eigenvalue weighted by atomic mass is 16.4. The largest absolute Gasteiger partial charge is 0.480 e. The SMILES string of the molecule is CCC[C@H](NC(=O)CCn1c(CN(C)N)cc2ccccc21)C(=O)NCCCC(=O)N(C)[C@@H](C)C(=O)O. The van der Waals surface area contributed by atoms with Gasteiger partial charge in [0.2, 0.25) is 17.7 Å². The molecular formula is C26H40N6O5. The van der Waals surface area contributed by atoms with Gasteiger partial charge >= 0.3 is 5.97 Å². The van der Waals surface area contributed by atoms with Crippen LogP contribution in [-0.2, 0) is 32.3 Å². The molecule has 0 radical (unpaired) electrons. The van der Waals surface area contributed by atoms with Crippen molar-refractivity contribution < 1.29 is 24.3 Å². The van der Waals surface area contributed by atoms with Crippen LogP contribution in [0.2, 0.25) is 0 Å². The summed E-state index contributed by atoms with van der Waals surface area (Å²) in [6.07, 6.45) is 1.89. The van der Waals surface area contributed by atoms with Gasteiger partial charge in [0.05, 0.1) is 6.54 Å². The number of fused-ring (bicyclic) bond motifs is 1. The maximum atomic E-state index is 12.8. The standard InChI is InChI=1S/C26H40N6O5/c1-5-9-21(25(35)28-14-8-12-24(34)31(4)18(2)26(36)37)29-23(33)13-15-32-20(17-30(3)27)16-19-10-6-7-11-22(19)32/h6-7,10-11,16,18,21H,5,8-9,12-15,17,27H2,1-4H3,(H,28,35)(H,29,33)(H,36,37)/t18-,21-/m0/s1. The highest BCUT2D eigenvalue weighted by Crippen LogP contribution is 2.21. The molecule has 5 N–H and O–H groups in total. The lowest BCUT2D eigenvalue weighted by Gasteiger charge is -2.21. The summed E-state index contributed by atoms with van der Waals surface area (Å²) in [7, 11) is 3.23. The number of hydrazine groups is 1. The molecule has 11 heteroatoms. The second-order valence-electron chi connectivity index (χ2n) is 9.33. The number of likely N-dealkylation sites (N-methyl/N-ethyl adjacent to an activating group) is 1. The van der Waals surface area contributed by atoms with E-state index in [4.69, 9.17) is 10.9 Å². The van der Waals surface area contributed by atoms with Crippen LogP contribution in [-0.4, -0.2) is 76.0 Å².